The number of benzene rings is 1. The van der Waals surface area contributed by atoms with Gasteiger partial charge in [-0.2, -0.15) is 0 Å². The SMILES string of the molecule is C#CCC(C)NCc1cc(F)ccc1O. The molecule has 0 saturated heterocycles. The lowest BCUT2D eigenvalue weighted by molar-refractivity contribution is 0.456. The molecule has 0 bridgehead atoms. The van der Waals surface area contributed by atoms with Crippen LogP contribution in [-0.4, -0.2) is 11.1 Å². The van der Waals surface area contributed by atoms with Gasteiger partial charge in [-0.3, -0.25) is 0 Å². The van der Waals surface area contributed by atoms with Crippen LogP contribution in [0.25, 0.3) is 0 Å². The number of hydrogen-bond donors (Lipinski definition) is 2. The minimum atomic E-state index is -0.353. The van der Waals surface area contributed by atoms with Gasteiger partial charge in [0.1, 0.15) is 11.6 Å². The van der Waals surface area contributed by atoms with Crippen LogP contribution >= 0.6 is 0 Å². The molecular formula is C12H14FNO. The van der Waals surface area contributed by atoms with E-state index in [-0.39, 0.29) is 17.6 Å². The summed E-state index contributed by atoms with van der Waals surface area (Å²) < 4.78 is 12.8. The first kappa shape index (κ1) is 11.5. The second-order valence-corrected chi connectivity index (χ2v) is 3.46. The number of phenols is 1. The molecule has 0 spiro atoms. The second-order valence-electron chi connectivity index (χ2n) is 3.46. The van der Waals surface area contributed by atoms with Gasteiger partial charge < -0.3 is 10.4 Å². The smallest absolute Gasteiger partial charge is 0.123 e. The van der Waals surface area contributed by atoms with E-state index in [1.54, 1.807) is 0 Å². The van der Waals surface area contributed by atoms with Crippen molar-refractivity contribution in [1.82, 2.24) is 5.32 Å². The van der Waals surface area contributed by atoms with Gasteiger partial charge in [0.2, 0.25) is 0 Å². The van der Waals surface area contributed by atoms with Crippen LogP contribution in [0.15, 0.2) is 18.2 Å². The molecule has 0 aliphatic heterocycles. The predicted octanol–water partition coefficient (Wildman–Crippen LogP) is 2.03. The van der Waals surface area contributed by atoms with Crippen molar-refractivity contribution < 1.29 is 9.50 Å². The highest BCUT2D eigenvalue weighted by Gasteiger charge is 2.04. The fourth-order valence-corrected chi connectivity index (χ4v) is 1.23. The highest BCUT2D eigenvalue weighted by molar-refractivity contribution is 5.32. The highest BCUT2D eigenvalue weighted by atomic mass is 19.1. The van der Waals surface area contributed by atoms with E-state index in [1.165, 1.54) is 18.2 Å². The summed E-state index contributed by atoms with van der Waals surface area (Å²) in [4.78, 5) is 0. The Hall–Kier alpha value is -1.53. The van der Waals surface area contributed by atoms with Gasteiger partial charge >= 0.3 is 0 Å². The van der Waals surface area contributed by atoms with Gasteiger partial charge in [-0.25, -0.2) is 4.39 Å². The Morgan fingerprint density at radius 3 is 3.00 bits per heavy atom. The van der Waals surface area contributed by atoms with Gasteiger partial charge in [-0.05, 0) is 25.1 Å². The normalized spacial score (nSPS) is 12.1. The van der Waals surface area contributed by atoms with E-state index in [4.69, 9.17) is 6.42 Å². The number of halogens is 1. The van der Waals surface area contributed by atoms with Crippen molar-refractivity contribution in [2.75, 3.05) is 0 Å². The summed E-state index contributed by atoms with van der Waals surface area (Å²) in [7, 11) is 0. The molecular weight excluding hydrogens is 193 g/mol. The number of hydrogen-bond acceptors (Lipinski definition) is 2. The topological polar surface area (TPSA) is 32.3 Å². The lowest BCUT2D eigenvalue weighted by Gasteiger charge is -2.11. The maximum absolute atomic E-state index is 12.8. The summed E-state index contributed by atoms with van der Waals surface area (Å²) in [5, 5.41) is 12.5. The van der Waals surface area contributed by atoms with E-state index in [2.05, 4.69) is 11.2 Å². The highest BCUT2D eigenvalue weighted by Crippen LogP contribution is 2.17. The minimum Gasteiger partial charge on any atom is -0.508 e. The Morgan fingerprint density at radius 1 is 1.60 bits per heavy atom. The molecule has 3 heteroatoms. The molecule has 0 aliphatic carbocycles. The maximum Gasteiger partial charge on any atom is 0.123 e. The van der Waals surface area contributed by atoms with E-state index in [1.807, 2.05) is 6.92 Å². The van der Waals surface area contributed by atoms with Crippen LogP contribution in [0, 0.1) is 18.2 Å². The molecule has 15 heavy (non-hydrogen) atoms. The molecule has 1 aromatic carbocycles. The van der Waals surface area contributed by atoms with Gasteiger partial charge in [0.05, 0.1) is 0 Å². The second kappa shape index (κ2) is 5.38. The Balaban J connectivity index is 2.57. The van der Waals surface area contributed by atoms with Gasteiger partial charge in [-0.15, -0.1) is 12.3 Å². The largest absolute Gasteiger partial charge is 0.508 e. The van der Waals surface area contributed by atoms with Crippen LogP contribution in [0.1, 0.15) is 18.9 Å². The van der Waals surface area contributed by atoms with Crippen molar-refractivity contribution in [2.45, 2.75) is 25.9 Å². The van der Waals surface area contributed by atoms with E-state index in [9.17, 15) is 9.50 Å². The average molecular weight is 207 g/mol. The van der Waals surface area contributed by atoms with Gasteiger partial charge in [0, 0.05) is 24.6 Å². The number of rotatable bonds is 4. The van der Waals surface area contributed by atoms with E-state index in [0.29, 0.717) is 18.5 Å². The van der Waals surface area contributed by atoms with Crippen molar-refractivity contribution >= 4 is 0 Å². The molecule has 1 unspecified atom stereocenters. The van der Waals surface area contributed by atoms with Crippen molar-refractivity contribution in [1.29, 1.82) is 0 Å². The Kier molecular flexibility index (Phi) is 4.14. The number of terminal acetylenes is 1. The quantitative estimate of drug-likeness (QED) is 0.740. The van der Waals surface area contributed by atoms with Crippen LogP contribution in [0.5, 0.6) is 5.75 Å². The summed E-state index contributed by atoms with van der Waals surface area (Å²) in [6.45, 7) is 2.35. The maximum atomic E-state index is 12.8. The first-order valence-electron chi connectivity index (χ1n) is 4.77. The molecule has 0 amide bonds. The van der Waals surface area contributed by atoms with Crippen molar-refractivity contribution in [2.24, 2.45) is 0 Å². The first-order chi connectivity index (χ1) is 7.13. The van der Waals surface area contributed by atoms with Crippen LogP contribution in [0.2, 0.25) is 0 Å². The zero-order valence-corrected chi connectivity index (χ0v) is 8.63. The third-order valence-corrected chi connectivity index (χ3v) is 2.11. The Morgan fingerprint density at radius 2 is 2.33 bits per heavy atom. The van der Waals surface area contributed by atoms with Gasteiger partial charge in [0.25, 0.3) is 0 Å². The summed E-state index contributed by atoms with van der Waals surface area (Å²) in [5.74, 6) is 2.27. The number of nitrogens with one attached hydrogen (secondary N) is 1. The summed E-state index contributed by atoms with van der Waals surface area (Å²) >= 11 is 0. The zero-order chi connectivity index (χ0) is 11.3. The van der Waals surface area contributed by atoms with Gasteiger partial charge in [-0.1, -0.05) is 0 Å². The Bertz CT molecular complexity index is 370. The molecule has 1 rings (SSSR count). The van der Waals surface area contributed by atoms with Crippen LogP contribution < -0.4 is 5.32 Å². The molecule has 2 nitrogen and oxygen atoms in total. The van der Waals surface area contributed by atoms with Crippen LogP contribution in [-0.2, 0) is 6.54 Å². The molecule has 0 fully saturated rings. The van der Waals surface area contributed by atoms with Crippen LogP contribution in [0.3, 0.4) is 0 Å². The van der Waals surface area contributed by atoms with E-state index < -0.39 is 0 Å². The zero-order valence-electron chi connectivity index (χ0n) is 8.63. The fourth-order valence-electron chi connectivity index (χ4n) is 1.23. The van der Waals surface area contributed by atoms with Gasteiger partial charge in [0.15, 0.2) is 0 Å². The fraction of sp³-hybridized carbons (Fsp3) is 0.333. The third-order valence-electron chi connectivity index (χ3n) is 2.11. The van der Waals surface area contributed by atoms with Crippen molar-refractivity contribution in [3.8, 4) is 18.1 Å². The lowest BCUT2D eigenvalue weighted by atomic mass is 10.1. The summed E-state index contributed by atoms with van der Waals surface area (Å²) in [6, 6.07) is 4.03. The lowest BCUT2D eigenvalue weighted by Crippen LogP contribution is -2.24. The van der Waals surface area contributed by atoms with E-state index in [0.717, 1.165) is 0 Å². The molecule has 1 atom stereocenters. The third kappa shape index (κ3) is 3.61. The molecule has 80 valence electrons. The summed E-state index contributed by atoms with van der Waals surface area (Å²) in [5.41, 5.74) is 0.541. The molecule has 0 heterocycles. The molecule has 0 radical (unpaired) electrons. The molecule has 0 aliphatic rings. The standard InChI is InChI=1S/C12H14FNO/c1-3-4-9(2)14-8-10-7-11(13)5-6-12(10)15/h1,5-7,9,14-15H,4,8H2,2H3. The first-order valence-corrected chi connectivity index (χ1v) is 4.77. The molecule has 2 N–H and O–H groups in total. The number of aromatic hydroxyl groups is 1. The van der Waals surface area contributed by atoms with E-state index >= 15 is 0 Å². The van der Waals surface area contributed by atoms with Crippen LogP contribution in [0.4, 0.5) is 4.39 Å². The summed E-state index contributed by atoms with van der Waals surface area (Å²) in [6.07, 6.45) is 5.76. The molecule has 0 saturated carbocycles. The number of phenolic OH excluding ortho intramolecular Hbond substituents is 1. The van der Waals surface area contributed by atoms with Crippen molar-refractivity contribution in [3.63, 3.8) is 0 Å². The molecule has 1 aromatic rings. The molecule has 0 aromatic heterocycles. The van der Waals surface area contributed by atoms with Crippen molar-refractivity contribution in [3.05, 3.63) is 29.6 Å². The monoisotopic (exact) mass is 207 g/mol. The predicted molar refractivity (Wildman–Crippen MR) is 57.8 cm³/mol. The minimum absolute atomic E-state index is 0.0943. The Labute approximate surface area is 89.1 Å². The average Bonchev–Trinajstić information content (AvgIpc) is 2.20.